The van der Waals surface area contributed by atoms with Gasteiger partial charge in [0.05, 0.1) is 5.52 Å². The third-order valence-corrected chi connectivity index (χ3v) is 4.31. The maximum Gasteiger partial charge on any atom is 0.251 e. The average Bonchev–Trinajstić information content (AvgIpc) is 2.66. The largest absolute Gasteiger partial charge is 0.492 e. The third-order valence-electron chi connectivity index (χ3n) is 4.10. The van der Waals surface area contributed by atoms with Crippen molar-refractivity contribution < 1.29 is 9.53 Å². The molecule has 1 amide bonds. The molecule has 0 aliphatic heterocycles. The third kappa shape index (κ3) is 5.42. The van der Waals surface area contributed by atoms with Gasteiger partial charge in [0.25, 0.3) is 5.91 Å². The predicted octanol–water partition coefficient (Wildman–Crippen LogP) is 3.76. The van der Waals surface area contributed by atoms with Crippen LogP contribution < -0.4 is 10.1 Å². The average molecular weight is 384 g/mol. The molecule has 0 saturated carbocycles. The van der Waals surface area contributed by atoms with Crippen LogP contribution in [0.15, 0.2) is 54.6 Å². The lowest BCUT2D eigenvalue weighted by atomic mass is 10.1. The Hall–Kier alpha value is -2.63. The molecule has 3 aromatic rings. The van der Waals surface area contributed by atoms with Gasteiger partial charge in [-0.05, 0) is 62.1 Å². The number of nitrogens with one attached hydrogen (secondary N) is 1. The van der Waals surface area contributed by atoms with E-state index in [1.807, 2.05) is 50.5 Å². The first-order chi connectivity index (χ1) is 13.0. The second-order valence-electron chi connectivity index (χ2n) is 6.52. The highest BCUT2D eigenvalue weighted by Gasteiger charge is 2.07. The van der Waals surface area contributed by atoms with Gasteiger partial charge >= 0.3 is 0 Å². The molecule has 6 heteroatoms. The molecule has 2 aromatic carbocycles. The number of benzene rings is 2. The number of carbonyl (C=O) groups excluding carboxylic acids is 1. The van der Waals surface area contributed by atoms with Crippen molar-refractivity contribution >= 4 is 28.4 Å². The van der Waals surface area contributed by atoms with Gasteiger partial charge in [0.2, 0.25) is 0 Å². The van der Waals surface area contributed by atoms with Crippen LogP contribution in [-0.4, -0.2) is 43.0 Å². The van der Waals surface area contributed by atoms with Gasteiger partial charge < -0.3 is 15.0 Å². The van der Waals surface area contributed by atoms with Gasteiger partial charge in [-0.15, -0.1) is 0 Å². The monoisotopic (exact) mass is 383 g/mol. The van der Waals surface area contributed by atoms with Crippen molar-refractivity contribution in [2.45, 2.75) is 6.54 Å². The number of halogens is 1. The summed E-state index contributed by atoms with van der Waals surface area (Å²) < 4.78 is 5.67. The van der Waals surface area contributed by atoms with Crippen LogP contribution in [0.25, 0.3) is 10.9 Å². The number of hydrogen-bond donors (Lipinski definition) is 1. The highest BCUT2D eigenvalue weighted by atomic mass is 35.5. The number of fused-ring (bicyclic) bond motifs is 1. The van der Waals surface area contributed by atoms with Gasteiger partial charge in [0.15, 0.2) is 0 Å². The van der Waals surface area contributed by atoms with Crippen molar-refractivity contribution in [1.82, 2.24) is 15.2 Å². The Morgan fingerprint density at radius 3 is 2.63 bits per heavy atom. The normalized spacial score (nSPS) is 11.0. The number of aromatic nitrogens is 1. The molecule has 0 unspecified atom stereocenters. The topological polar surface area (TPSA) is 54.5 Å². The molecular formula is C21H22ClN3O2. The molecule has 1 aromatic heterocycles. The summed E-state index contributed by atoms with van der Waals surface area (Å²) in [6.45, 7) is 1.96. The van der Waals surface area contributed by atoms with Crippen LogP contribution in [0.1, 0.15) is 15.9 Å². The standard InChI is InChI=1S/C21H22ClN3O2/c1-25(2)11-12-27-18-7-3-15(4-8-18)14-23-21(26)17-5-9-19-16(13-17)6-10-20(22)24-19/h3-10,13H,11-12,14H2,1-2H3,(H,23,26). The maximum atomic E-state index is 12.4. The summed E-state index contributed by atoms with van der Waals surface area (Å²) >= 11 is 5.89. The van der Waals surface area contributed by atoms with E-state index in [1.165, 1.54) is 0 Å². The Bertz CT molecular complexity index is 926. The zero-order valence-electron chi connectivity index (χ0n) is 15.4. The van der Waals surface area contributed by atoms with Crippen LogP contribution >= 0.6 is 11.6 Å². The summed E-state index contributed by atoms with van der Waals surface area (Å²) in [6, 6.07) is 16.7. The number of amides is 1. The van der Waals surface area contributed by atoms with E-state index < -0.39 is 0 Å². The molecule has 5 nitrogen and oxygen atoms in total. The first kappa shape index (κ1) is 19.1. The van der Waals surface area contributed by atoms with Crippen molar-refractivity contribution in [1.29, 1.82) is 0 Å². The van der Waals surface area contributed by atoms with Gasteiger partial charge in [-0.3, -0.25) is 4.79 Å². The lowest BCUT2D eigenvalue weighted by Gasteiger charge is -2.11. The van der Waals surface area contributed by atoms with Crippen LogP contribution in [0.3, 0.4) is 0 Å². The zero-order chi connectivity index (χ0) is 19.2. The van der Waals surface area contributed by atoms with Crippen LogP contribution in [0.5, 0.6) is 5.75 Å². The van der Waals surface area contributed by atoms with E-state index in [9.17, 15) is 4.79 Å². The summed E-state index contributed by atoms with van der Waals surface area (Å²) in [7, 11) is 4.02. The Morgan fingerprint density at radius 1 is 1.11 bits per heavy atom. The lowest BCUT2D eigenvalue weighted by molar-refractivity contribution is 0.0951. The minimum absolute atomic E-state index is 0.127. The van der Waals surface area contributed by atoms with Crippen molar-refractivity contribution in [2.24, 2.45) is 0 Å². The van der Waals surface area contributed by atoms with Gasteiger partial charge in [-0.2, -0.15) is 0 Å². The fourth-order valence-corrected chi connectivity index (χ4v) is 2.73. The summed E-state index contributed by atoms with van der Waals surface area (Å²) in [5.41, 5.74) is 2.37. The van der Waals surface area contributed by atoms with Crippen molar-refractivity contribution in [3.8, 4) is 5.75 Å². The van der Waals surface area contributed by atoms with E-state index in [0.717, 1.165) is 28.8 Å². The first-order valence-corrected chi connectivity index (χ1v) is 9.10. The summed E-state index contributed by atoms with van der Waals surface area (Å²) in [5, 5.41) is 4.26. The number of nitrogens with zero attached hydrogens (tertiary/aromatic N) is 2. The molecule has 0 bridgehead atoms. The van der Waals surface area contributed by atoms with E-state index in [0.29, 0.717) is 23.9 Å². The quantitative estimate of drug-likeness (QED) is 0.631. The van der Waals surface area contributed by atoms with Crippen molar-refractivity contribution in [3.05, 3.63) is 70.9 Å². The van der Waals surface area contributed by atoms with Crippen LogP contribution in [-0.2, 0) is 6.54 Å². The molecule has 0 fully saturated rings. The highest BCUT2D eigenvalue weighted by Crippen LogP contribution is 2.17. The fourth-order valence-electron chi connectivity index (χ4n) is 2.58. The summed E-state index contributed by atoms with van der Waals surface area (Å²) in [6.07, 6.45) is 0. The zero-order valence-corrected chi connectivity index (χ0v) is 16.2. The van der Waals surface area contributed by atoms with E-state index in [2.05, 4.69) is 15.2 Å². The minimum atomic E-state index is -0.127. The van der Waals surface area contributed by atoms with Gasteiger partial charge in [-0.1, -0.05) is 23.7 Å². The molecule has 1 heterocycles. The predicted molar refractivity (Wildman–Crippen MR) is 108 cm³/mol. The Balaban J connectivity index is 1.56. The highest BCUT2D eigenvalue weighted by molar-refractivity contribution is 6.29. The molecule has 27 heavy (non-hydrogen) atoms. The molecule has 0 radical (unpaired) electrons. The van der Waals surface area contributed by atoms with Gasteiger partial charge in [0, 0.05) is 24.0 Å². The molecule has 0 atom stereocenters. The molecule has 0 aliphatic rings. The Labute approximate surface area is 163 Å². The molecular weight excluding hydrogens is 362 g/mol. The molecule has 3 rings (SSSR count). The number of carbonyl (C=O) groups is 1. The van der Waals surface area contributed by atoms with Crippen LogP contribution in [0, 0.1) is 0 Å². The number of pyridine rings is 1. The lowest BCUT2D eigenvalue weighted by Crippen LogP contribution is -2.22. The van der Waals surface area contributed by atoms with Gasteiger partial charge in [-0.25, -0.2) is 4.98 Å². The number of rotatable bonds is 7. The fraction of sp³-hybridized carbons (Fsp3) is 0.238. The second-order valence-corrected chi connectivity index (χ2v) is 6.91. The van der Waals surface area contributed by atoms with E-state index in [4.69, 9.17) is 16.3 Å². The first-order valence-electron chi connectivity index (χ1n) is 8.72. The molecule has 140 valence electrons. The molecule has 0 saturated heterocycles. The van der Waals surface area contributed by atoms with E-state index in [-0.39, 0.29) is 5.91 Å². The summed E-state index contributed by atoms with van der Waals surface area (Å²) in [5.74, 6) is 0.700. The second kappa shape index (κ2) is 8.84. The SMILES string of the molecule is CN(C)CCOc1ccc(CNC(=O)c2ccc3nc(Cl)ccc3c2)cc1. The maximum absolute atomic E-state index is 12.4. The van der Waals surface area contributed by atoms with Crippen LogP contribution in [0.2, 0.25) is 5.15 Å². The molecule has 0 aliphatic carbocycles. The Kier molecular flexibility index (Phi) is 6.27. The smallest absolute Gasteiger partial charge is 0.251 e. The minimum Gasteiger partial charge on any atom is -0.492 e. The summed E-state index contributed by atoms with van der Waals surface area (Å²) in [4.78, 5) is 18.7. The van der Waals surface area contributed by atoms with Crippen molar-refractivity contribution in [2.75, 3.05) is 27.2 Å². The number of hydrogen-bond acceptors (Lipinski definition) is 4. The number of likely N-dealkylation sites (N-methyl/N-ethyl adjacent to an activating group) is 1. The van der Waals surface area contributed by atoms with E-state index in [1.54, 1.807) is 18.2 Å². The van der Waals surface area contributed by atoms with Crippen molar-refractivity contribution in [3.63, 3.8) is 0 Å². The van der Waals surface area contributed by atoms with Gasteiger partial charge in [0.1, 0.15) is 17.5 Å². The van der Waals surface area contributed by atoms with Crippen LogP contribution in [0.4, 0.5) is 0 Å². The molecule has 1 N–H and O–H groups in total. The Morgan fingerprint density at radius 2 is 1.89 bits per heavy atom. The molecule has 0 spiro atoms. The van der Waals surface area contributed by atoms with E-state index >= 15 is 0 Å². The number of ether oxygens (including phenoxy) is 1.